The second-order valence-electron chi connectivity index (χ2n) is 4.67. The van der Waals surface area contributed by atoms with Crippen molar-refractivity contribution in [1.29, 1.82) is 0 Å². The van der Waals surface area contributed by atoms with Gasteiger partial charge < -0.3 is 10.1 Å². The molecule has 1 amide bonds. The molecule has 0 atom stereocenters. The van der Waals surface area contributed by atoms with Crippen LogP contribution in [-0.4, -0.2) is 25.5 Å². The van der Waals surface area contributed by atoms with Crippen LogP contribution in [0.15, 0.2) is 28.7 Å². The Morgan fingerprint density at radius 1 is 1.32 bits per heavy atom. The van der Waals surface area contributed by atoms with Crippen molar-refractivity contribution in [2.24, 2.45) is 0 Å². The quantitative estimate of drug-likeness (QED) is 0.844. The van der Waals surface area contributed by atoms with Crippen LogP contribution in [0.1, 0.15) is 24.8 Å². The summed E-state index contributed by atoms with van der Waals surface area (Å²) < 4.78 is 5.53. The third-order valence-electron chi connectivity index (χ3n) is 3.42. The predicted molar refractivity (Wildman–Crippen MR) is 74.7 cm³/mol. The zero-order valence-electron chi connectivity index (χ0n) is 10.7. The summed E-state index contributed by atoms with van der Waals surface area (Å²) in [5, 5.41) is 2.81. The van der Waals surface area contributed by atoms with Gasteiger partial charge in [0, 0.05) is 11.0 Å². The zero-order valence-corrected chi connectivity index (χ0v) is 12.3. The highest BCUT2D eigenvalue weighted by Gasteiger charge is 2.50. The molecule has 102 valence electrons. The number of amides is 1. The van der Waals surface area contributed by atoms with Gasteiger partial charge in [0.25, 0.3) is 0 Å². The molecule has 5 heteroatoms. The van der Waals surface area contributed by atoms with E-state index in [1.165, 1.54) is 7.11 Å². The number of esters is 1. The minimum absolute atomic E-state index is 0.00118. The maximum Gasteiger partial charge on any atom is 0.307 e. The van der Waals surface area contributed by atoms with Gasteiger partial charge in [-0.25, -0.2) is 0 Å². The van der Waals surface area contributed by atoms with Crippen LogP contribution in [0.3, 0.4) is 0 Å². The van der Waals surface area contributed by atoms with Crippen LogP contribution in [-0.2, 0) is 19.7 Å². The summed E-state index contributed by atoms with van der Waals surface area (Å²) >= 11 is 3.38. The van der Waals surface area contributed by atoms with Crippen molar-refractivity contribution < 1.29 is 14.3 Å². The maximum atomic E-state index is 12.2. The van der Waals surface area contributed by atoms with Crippen LogP contribution in [0.25, 0.3) is 0 Å². The van der Waals surface area contributed by atoms with Crippen LogP contribution in [0.4, 0.5) is 0 Å². The van der Waals surface area contributed by atoms with E-state index in [4.69, 9.17) is 0 Å². The molecule has 0 bridgehead atoms. The minimum atomic E-state index is -0.392. The Labute approximate surface area is 120 Å². The molecule has 1 N–H and O–H groups in total. The van der Waals surface area contributed by atoms with Crippen molar-refractivity contribution in [2.45, 2.75) is 24.7 Å². The van der Waals surface area contributed by atoms with E-state index in [0.717, 1.165) is 22.9 Å². The Morgan fingerprint density at radius 3 is 2.47 bits per heavy atom. The molecular formula is C14H16BrNO3. The average molecular weight is 326 g/mol. The van der Waals surface area contributed by atoms with E-state index in [-0.39, 0.29) is 18.3 Å². The van der Waals surface area contributed by atoms with E-state index < -0.39 is 5.41 Å². The molecule has 0 spiro atoms. The highest BCUT2D eigenvalue weighted by molar-refractivity contribution is 9.10. The summed E-state index contributed by atoms with van der Waals surface area (Å²) in [4.78, 5) is 23.2. The topological polar surface area (TPSA) is 55.4 Å². The van der Waals surface area contributed by atoms with Crippen LogP contribution in [0.2, 0.25) is 0 Å². The lowest BCUT2D eigenvalue weighted by atomic mass is 9.95. The van der Waals surface area contributed by atoms with Gasteiger partial charge in [0.15, 0.2) is 0 Å². The lowest BCUT2D eigenvalue weighted by Gasteiger charge is -2.15. The fourth-order valence-corrected chi connectivity index (χ4v) is 2.35. The fourth-order valence-electron chi connectivity index (χ4n) is 2.09. The molecule has 0 aliphatic heterocycles. The SMILES string of the molecule is COC(=O)CCNC(=O)C1(c2ccc(Br)cc2)CC1. The molecule has 4 nitrogen and oxygen atoms in total. The molecule has 0 heterocycles. The van der Waals surface area contributed by atoms with Crippen molar-refractivity contribution in [3.8, 4) is 0 Å². The van der Waals surface area contributed by atoms with Gasteiger partial charge in [0.05, 0.1) is 18.9 Å². The standard InChI is InChI=1S/C14H16BrNO3/c1-19-12(17)6-9-16-13(18)14(7-8-14)10-2-4-11(15)5-3-10/h2-5H,6-9H2,1H3,(H,16,18). The van der Waals surface area contributed by atoms with E-state index in [9.17, 15) is 9.59 Å². The Hall–Kier alpha value is -1.36. The number of carbonyl (C=O) groups excluding carboxylic acids is 2. The number of nitrogens with one attached hydrogen (secondary N) is 1. The summed E-state index contributed by atoms with van der Waals surface area (Å²) in [6.45, 7) is 0.323. The van der Waals surface area contributed by atoms with E-state index in [1.54, 1.807) is 0 Å². The molecule has 1 aliphatic rings. The van der Waals surface area contributed by atoms with Crippen molar-refractivity contribution in [1.82, 2.24) is 5.32 Å². The average Bonchev–Trinajstić information content (AvgIpc) is 3.20. The third-order valence-corrected chi connectivity index (χ3v) is 3.95. The number of rotatable bonds is 5. The number of hydrogen-bond donors (Lipinski definition) is 1. The molecule has 1 fully saturated rings. The molecule has 1 aromatic carbocycles. The molecular weight excluding hydrogens is 310 g/mol. The second-order valence-corrected chi connectivity index (χ2v) is 5.59. The number of halogens is 1. The normalized spacial score (nSPS) is 15.7. The molecule has 0 radical (unpaired) electrons. The number of ether oxygens (including phenoxy) is 1. The fraction of sp³-hybridized carbons (Fsp3) is 0.429. The summed E-state index contributed by atoms with van der Waals surface area (Å²) in [5.74, 6) is -0.312. The first-order chi connectivity index (χ1) is 9.08. The number of carbonyl (C=O) groups is 2. The van der Waals surface area contributed by atoms with Crippen molar-refractivity contribution in [3.05, 3.63) is 34.3 Å². The summed E-state index contributed by atoms with van der Waals surface area (Å²) in [7, 11) is 1.34. The largest absolute Gasteiger partial charge is 0.469 e. The summed E-state index contributed by atoms with van der Waals surface area (Å²) in [6, 6.07) is 7.82. The van der Waals surface area contributed by atoms with Crippen molar-refractivity contribution in [3.63, 3.8) is 0 Å². The maximum absolute atomic E-state index is 12.2. The lowest BCUT2D eigenvalue weighted by molar-refractivity contribution is -0.140. The first-order valence-corrected chi connectivity index (χ1v) is 6.99. The first kappa shape index (κ1) is 14.1. The summed E-state index contributed by atoms with van der Waals surface area (Å²) in [6.07, 6.45) is 1.93. The molecule has 0 aromatic heterocycles. The van der Waals surface area contributed by atoms with Gasteiger partial charge in [-0.3, -0.25) is 9.59 Å². The van der Waals surface area contributed by atoms with Crippen LogP contribution in [0, 0.1) is 0 Å². The van der Waals surface area contributed by atoms with Gasteiger partial charge in [0.1, 0.15) is 0 Å². The third kappa shape index (κ3) is 3.15. The van der Waals surface area contributed by atoms with Gasteiger partial charge >= 0.3 is 5.97 Å². The molecule has 0 saturated heterocycles. The molecule has 1 aliphatic carbocycles. The summed E-state index contributed by atoms with van der Waals surface area (Å²) in [5.41, 5.74) is 0.642. The Balaban J connectivity index is 1.95. The van der Waals surface area contributed by atoms with Gasteiger partial charge in [0.2, 0.25) is 5.91 Å². The van der Waals surface area contributed by atoms with E-state index >= 15 is 0 Å². The monoisotopic (exact) mass is 325 g/mol. The Kier molecular flexibility index (Phi) is 4.24. The predicted octanol–water partition coefficient (Wildman–Crippen LogP) is 2.16. The Bertz CT molecular complexity index is 480. The number of hydrogen-bond acceptors (Lipinski definition) is 3. The zero-order chi connectivity index (χ0) is 13.9. The minimum Gasteiger partial charge on any atom is -0.469 e. The highest BCUT2D eigenvalue weighted by atomic mass is 79.9. The Morgan fingerprint density at radius 2 is 1.95 bits per heavy atom. The first-order valence-electron chi connectivity index (χ1n) is 6.20. The molecule has 2 rings (SSSR count). The smallest absolute Gasteiger partial charge is 0.307 e. The van der Waals surface area contributed by atoms with Crippen LogP contribution < -0.4 is 5.32 Å². The van der Waals surface area contributed by atoms with Gasteiger partial charge in [-0.2, -0.15) is 0 Å². The molecule has 1 aromatic rings. The van der Waals surface area contributed by atoms with Crippen LogP contribution in [0.5, 0.6) is 0 Å². The van der Waals surface area contributed by atoms with Crippen LogP contribution >= 0.6 is 15.9 Å². The van der Waals surface area contributed by atoms with E-state index in [2.05, 4.69) is 26.0 Å². The van der Waals surface area contributed by atoms with Crippen molar-refractivity contribution >= 4 is 27.8 Å². The molecule has 0 unspecified atom stereocenters. The highest BCUT2D eigenvalue weighted by Crippen LogP contribution is 2.48. The van der Waals surface area contributed by atoms with Gasteiger partial charge in [-0.1, -0.05) is 28.1 Å². The number of benzene rings is 1. The van der Waals surface area contributed by atoms with Crippen molar-refractivity contribution in [2.75, 3.05) is 13.7 Å². The molecule has 1 saturated carbocycles. The van der Waals surface area contributed by atoms with E-state index in [1.807, 2.05) is 24.3 Å². The number of methoxy groups -OCH3 is 1. The van der Waals surface area contributed by atoms with E-state index in [0.29, 0.717) is 6.54 Å². The van der Waals surface area contributed by atoms with Gasteiger partial charge in [-0.05, 0) is 30.5 Å². The van der Waals surface area contributed by atoms with Gasteiger partial charge in [-0.15, -0.1) is 0 Å². The molecule has 19 heavy (non-hydrogen) atoms. The second kappa shape index (κ2) is 5.74. The lowest BCUT2D eigenvalue weighted by Crippen LogP contribution is -2.36.